The van der Waals surface area contributed by atoms with Crippen LogP contribution < -0.4 is 16.4 Å². The molecule has 0 saturated heterocycles. The second-order valence-electron chi connectivity index (χ2n) is 6.00. The normalized spacial score (nSPS) is 19.9. The monoisotopic (exact) mass is 343 g/mol. The molecule has 1 fully saturated rings. The van der Waals surface area contributed by atoms with Crippen molar-refractivity contribution in [3.05, 3.63) is 46.7 Å². The third-order valence-corrected chi connectivity index (χ3v) is 5.35. The standard InChI is InChI=1S/C18H21N3O2S/c19-11-12-5-3-6-13(12)17(22)20-14-7-1-2-8-15(14)21-18(23)16-9-4-10-24-16/h1-2,4,7-10,12-13H,3,5-6,11,19H2,(H,20,22)(H,21,23)/t12-,13-/m1/s1. The number of rotatable bonds is 5. The second kappa shape index (κ2) is 7.59. The number of carbonyl (C=O) groups excluding carboxylic acids is 2. The van der Waals surface area contributed by atoms with Gasteiger partial charge in [-0.3, -0.25) is 9.59 Å². The third-order valence-electron chi connectivity index (χ3n) is 4.48. The van der Waals surface area contributed by atoms with E-state index in [1.165, 1.54) is 11.3 Å². The molecule has 1 aliphatic rings. The van der Waals surface area contributed by atoms with Crippen LogP contribution in [0, 0.1) is 11.8 Å². The van der Waals surface area contributed by atoms with E-state index in [4.69, 9.17) is 5.73 Å². The first-order valence-corrected chi connectivity index (χ1v) is 9.02. The van der Waals surface area contributed by atoms with Crippen molar-refractivity contribution in [1.29, 1.82) is 0 Å². The summed E-state index contributed by atoms with van der Waals surface area (Å²) in [6.07, 6.45) is 2.92. The molecule has 0 aliphatic heterocycles. The van der Waals surface area contributed by atoms with Crippen molar-refractivity contribution in [2.45, 2.75) is 19.3 Å². The van der Waals surface area contributed by atoms with Crippen molar-refractivity contribution in [1.82, 2.24) is 0 Å². The Morgan fingerprint density at radius 3 is 2.50 bits per heavy atom. The highest BCUT2D eigenvalue weighted by Gasteiger charge is 2.32. The number of hydrogen-bond acceptors (Lipinski definition) is 4. The van der Waals surface area contributed by atoms with Crippen molar-refractivity contribution >= 4 is 34.5 Å². The third kappa shape index (κ3) is 3.66. The molecule has 1 saturated carbocycles. The summed E-state index contributed by atoms with van der Waals surface area (Å²) in [5.41, 5.74) is 6.99. The van der Waals surface area contributed by atoms with Crippen molar-refractivity contribution in [2.24, 2.45) is 17.6 Å². The lowest BCUT2D eigenvalue weighted by Crippen LogP contribution is -2.30. The van der Waals surface area contributed by atoms with Gasteiger partial charge in [-0.1, -0.05) is 24.6 Å². The summed E-state index contributed by atoms with van der Waals surface area (Å²) in [6.45, 7) is 0.537. The lowest BCUT2D eigenvalue weighted by Gasteiger charge is -2.19. The first-order chi connectivity index (χ1) is 11.7. The summed E-state index contributed by atoms with van der Waals surface area (Å²) in [6, 6.07) is 10.9. The van der Waals surface area contributed by atoms with Gasteiger partial charge in [0.2, 0.25) is 5.91 Å². The molecule has 0 radical (unpaired) electrons. The van der Waals surface area contributed by atoms with Crippen LogP contribution in [-0.4, -0.2) is 18.4 Å². The summed E-state index contributed by atoms with van der Waals surface area (Å²) in [4.78, 5) is 25.4. The maximum Gasteiger partial charge on any atom is 0.265 e. The van der Waals surface area contributed by atoms with Crippen molar-refractivity contribution in [2.75, 3.05) is 17.2 Å². The first-order valence-electron chi connectivity index (χ1n) is 8.14. The molecule has 0 spiro atoms. The molecule has 1 heterocycles. The maximum absolute atomic E-state index is 12.6. The smallest absolute Gasteiger partial charge is 0.265 e. The fourth-order valence-electron chi connectivity index (χ4n) is 3.18. The highest BCUT2D eigenvalue weighted by molar-refractivity contribution is 7.12. The van der Waals surface area contributed by atoms with E-state index in [1.54, 1.807) is 18.2 Å². The maximum atomic E-state index is 12.6. The average Bonchev–Trinajstić information content (AvgIpc) is 3.28. The van der Waals surface area contributed by atoms with E-state index in [1.807, 2.05) is 23.6 Å². The minimum atomic E-state index is -0.174. The van der Waals surface area contributed by atoms with E-state index in [-0.39, 0.29) is 23.7 Å². The minimum absolute atomic E-state index is 0.0132. The van der Waals surface area contributed by atoms with Gasteiger partial charge in [-0.05, 0) is 48.9 Å². The number of benzene rings is 1. The van der Waals surface area contributed by atoms with E-state index < -0.39 is 0 Å². The molecule has 1 aromatic carbocycles. The van der Waals surface area contributed by atoms with Gasteiger partial charge in [0.05, 0.1) is 16.3 Å². The lowest BCUT2D eigenvalue weighted by molar-refractivity contribution is -0.120. The number of carbonyl (C=O) groups is 2. The molecule has 6 heteroatoms. The Hall–Kier alpha value is -2.18. The first kappa shape index (κ1) is 16.7. The van der Waals surface area contributed by atoms with Gasteiger partial charge < -0.3 is 16.4 Å². The summed E-state index contributed by atoms with van der Waals surface area (Å²) in [5, 5.41) is 7.68. The molecule has 24 heavy (non-hydrogen) atoms. The molecule has 5 nitrogen and oxygen atoms in total. The van der Waals surface area contributed by atoms with E-state index in [0.717, 1.165) is 19.3 Å². The van der Waals surface area contributed by atoms with Crippen molar-refractivity contribution < 1.29 is 9.59 Å². The van der Waals surface area contributed by atoms with Gasteiger partial charge in [0.15, 0.2) is 0 Å². The van der Waals surface area contributed by atoms with Gasteiger partial charge in [0.1, 0.15) is 0 Å². The molecule has 2 aromatic rings. The fraction of sp³-hybridized carbons (Fsp3) is 0.333. The van der Waals surface area contributed by atoms with E-state index in [2.05, 4.69) is 10.6 Å². The number of thiophene rings is 1. The quantitative estimate of drug-likeness (QED) is 0.779. The number of nitrogens with two attached hydrogens (primary N) is 1. The zero-order valence-electron chi connectivity index (χ0n) is 13.3. The zero-order chi connectivity index (χ0) is 16.9. The van der Waals surface area contributed by atoms with Crippen LogP contribution in [0.4, 0.5) is 11.4 Å². The van der Waals surface area contributed by atoms with Crippen molar-refractivity contribution in [3.8, 4) is 0 Å². The van der Waals surface area contributed by atoms with Gasteiger partial charge in [0.25, 0.3) is 5.91 Å². The predicted molar refractivity (Wildman–Crippen MR) is 97.2 cm³/mol. The summed E-state index contributed by atoms with van der Waals surface area (Å²) >= 11 is 1.38. The minimum Gasteiger partial charge on any atom is -0.330 e. The van der Waals surface area contributed by atoms with Gasteiger partial charge in [-0.25, -0.2) is 0 Å². The van der Waals surface area contributed by atoms with Crippen LogP contribution in [-0.2, 0) is 4.79 Å². The Morgan fingerprint density at radius 2 is 1.83 bits per heavy atom. The number of amides is 2. The van der Waals surface area contributed by atoms with Crippen LogP contribution in [0.25, 0.3) is 0 Å². The fourth-order valence-corrected chi connectivity index (χ4v) is 3.80. The summed E-state index contributed by atoms with van der Waals surface area (Å²) < 4.78 is 0. The molecule has 1 aliphatic carbocycles. The molecular formula is C18H21N3O2S. The largest absolute Gasteiger partial charge is 0.330 e. The number of hydrogen-bond donors (Lipinski definition) is 3. The van der Waals surface area contributed by atoms with Gasteiger partial charge in [-0.2, -0.15) is 0 Å². The highest BCUT2D eigenvalue weighted by atomic mass is 32.1. The highest BCUT2D eigenvalue weighted by Crippen LogP contribution is 2.32. The Balaban J connectivity index is 1.72. The Bertz CT molecular complexity index is 715. The SMILES string of the molecule is NC[C@H]1CCC[C@H]1C(=O)Nc1ccccc1NC(=O)c1cccs1. The Morgan fingerprint density at radius 1 is 1.08 bits per heavy atom. The molecule has 0 unspecified atom stereocenters. The van der Waals surface area contributed by atoms with Gasteiger partial charge >= 0.3 is 0 Å². The van der Waals surface area contributed by atoms with Gasteiger partial charge in [-0.15, -0.1) is 11.3 Å². The number of anilines is 2. The van der Waals surface area contributed by atoms with Crippen LogP contribution >= 0.6 is 11.3 Å². The molecule has 3 rings (SSSR count). The lowest BCUT2D eigenvalue weighted by atomic mass is 9.95. The zero-order valence-corrected chi connectivity index (χ0v) is 14.1. The van der Waals surface area contributed by atoms with E-state index in [9.17, 15) is 9.59 Å². The van der Waals surface area contributed by atoms with Crippen LogP contribution in [0.15, 0.2) is 41.8 Å². The molecule has 126 valence electrons. The number of nitrogens with one attached hydrogen (secondary N) is 2. The molecule has 2 atom stereocenters. The van der Waals surface area contributed by atoms with Crippen molar-refractivity contribution in [3.63, 3.8) is 0 Å². The molecular weight excluding hydrogens is 322 g/mol. The van der Waals surface area contributed by atoms with Crippen LogP contribution in [0.1, 0.15) is 28.9 Å². The molecule has 4 N–H and O–H groups in total. The summed E-state index contributed by atoms with van der Waals surface area (Å²) in [5.74, 6) is 0.0158. The van der Waals surface area contributed by atoms with Crippen LogP contribution in [0.5, 0.6) is 0 Å². The van der Waals surface area contributed by atoms with E-state index in [0.29, 0.717) is 22.8 Å². The average molecular weight is 343 g/mol. The Labute approximate surface area is 145 Å². The second-order valence-corrected chi connectivity index (χ2v) is 6.95. The predicted octanol–water partition coefficient (Wildman–Crippen LogP) is 3.31. The molecule has 1 aromatic heterocycles. The van der Waals surface area contributed by atoms with Crippen LogP contribution in [0.3, 0.4) is 0 Å². The molecule has 2 amide bonds. The van der Waals surface area contributed by atoms with Gasteiger partial charge in [0, 0.05) is 5.92 Å². The van der Waals surface area contributed by atoms with Crippen LogP contribution in [0.2, 0.25) is 0 Å². The topological polar surface area (TPSA) is 84.2 Å². The van der Waals surface area contributed by atoms with E-state index >= 15 is 0 Å². The number of para-hydroxylation sites is 2. The summed E-state index contributed by atoms with van der Waals surface area (Å²) in [7, 11) is 0. The molecule has 0 bridgehead atoms. The Kier molecular flexibility index (Phi) is 5.27.